The van der Waals surface area contributed by atoms with Crippen LogP contribution in [0.3, 0.4) is 0 Å². The molecule has 6 heteroatoms. The van der Waals surface area contributed by atoms with E-state index in [0.29, 0.717) is 0 Å². The lowest BCUT2D eigenvalue weighted by Gasteiger charge is -2.06. The highest BCUT2D eigenvalue weighted by atomic mass is 32.2. The Morgan fingerprint density at radius 3 is 2.90 bits per heavy atom. The molecule has 0 N–H and O–H groups in total. The van der Waals surface area contributed by atoms with Crippen molar-refractivity contribution in [3.63, 3.8) is 0 Å². The molecule has 0 radical (unpaired) electrons. The molecule has 2 heterocycles. The van der Waals surface area contributed by atoms with E-state index in [4.69, 9.17) is 0 Å². The normalized spacial score (nSPS) is 11.2. The van der Waals surface area contributed by atoms with E-state index < -0.39 is 0 Å². The fourth-order valence-corrected chi connectivity index (χ4v) is 3.03. The van der Waals surface area contributed by atoms with Crippen LogP contribution in [0.25, 0.3) is 11.2 Å². The quantitative estimate of drug-likeness (QED) is 0.547. The maximum absolute atomic E-state index is 4.32. The molecule has 0 spiro atoms. The Bertz CT molecular complexity index is 765. The fourth-order valence-electron chi connectivity index (χ4n) is 2.04. The third-order valence-corrected chi connectivity index (χ3v) is 4.25. The van der Waals surface area contributed by atoms with Crippen LogP contribution in [0.15, 0.2) is 29.6 Å². The summed E-state index contributed by atoms with van der Waals surface area (Å²) in [6, 6.07) is 6.51. The minimum atomic E-state index is 0.767. The summed E-state index contributed by atoms with van der Waals surface area (Å²) in [5, 5.41) is 9.01. The third kappa shape index (κ3) is 2.38. The predicted octanol–water partition coefficient (Wildman–Crippen LogP) is 2.67. The maximum atomic E-state index is 4.32. The highest BCUT2D eigenvalue weighted by Crippen LogP contribution is 2.27. The Labute approximate surface area is 121 Å². The molecule has 3 rings (SSSR count). The van der Waals surface area contributed by atoms with Gasteiger partial charge < -0.3 is 0 Å². The first-order valence-electron chi connectivity index (χ1n) is 6.34. The molecule has 0 aliphatic rings. The lowest BCUT2D eigenvalue weighted by molar-refractivity contribution is 0.729. The van der Waals surface area contributed by atoms with Crippen LogP contribution < -0.4 is 0 Å². The van der Waals surface area contributed by atoms with Gasteiger partial charge in [0.05, 0.1) is 0 Å². The monoisotopic (exact) mass is 285 g/mol. The second-order valence-electron chi connectivity index (χ2n) is 4.78. The van der Waals surface area contributed by atoms with Crippen LogP contribution >= 0.6 is 11.8 Å². The van der Waals surface area contributed by atoms with Gasteiger partial charge in [-0.15, -0.1) is 5.10 Å². The lowest BCUT2D eigenvalue weighted by Crippen LogP contribution is -1.93. The Balaban J connectivity index is 1.88. The molecular formula is C14H15N5S. The van der Waals surface area contributed by atoms with Gasteiger partial charge in [-0.05, 0) is 25.0 Å². The molecule has 0 aliphatic carbocycles. The summed E-state index contributed by atoms with van der Waals surface area (Å²) in [5.74, 6) is 0.871. The molecule has 3 aromatic rings. The van der Waals surface area contributed by atoms with E-state index in [2.05, 4.69) is 52.3 Å². The first-order chi connectivity index (χ1) is 9.65. The van der Waals surface area contributed by atoms with Gasteiger partial charge in [-0.25, -0.2) is 14.6 Å². The number of rotatable bonds is 3. The second kappa shape index (κ2) is 5.20. The number of hydrogen-bond acceptors (Lipinski definition) is 5. The third-order valence-electron chi connectivity index (χ3n) is 3.22. The van der Waals surface area contributed by atoms with Crippen molar-refractivity contribution >= 4 is 22.9 Å². The number of thioether (sulfide) groups is 1. The number of hydrogen-bond donors (Lipinski definition) is 0. The first kappa shape index (κ1) is 13.1. The molecule has 0 atom stereocenters. The molecule has 20 heavy (non-hydrogen) atoms. The standard InChI is InChI=1S/C14H15N5S/c1-9-4-5-10(2)11(6-9)7-20-14-12-13(15-8-16-14)19(3)18-17-12/h4-6,8H,7H2,1-3H3. The van der Waals surface area contributed by atoms with Crippen molar-refractivity contribution in [3.05, 3.63) is 41.2 Å². The highest BCUT2D eigenvalue weighted by molar-refractivity contribution is 7.98. The van der Waals surface area contributed by atoms with Gasteiger partial charge in [-0.3, -0.25) is 0 Å². The molecule has 102 valence electrons. The summed E-state index contributed by atoms with van der Waals surface area (Å²) in [6.07, 6.45) is 1.57. The van der Waals surface area contributed by atoms with E-state index in [9.17, 15) is 0 Å². The average Bonchev–Trinajstić information content (AvgIpc) is 2.82. The molecule has 0 bridgehead atoms. The van der Waals surface area contributed by atoms with E-state index in [1.807, 2.05) is 7.05 Å². The van der Waals surface area contributed by atoms with Crippen LogP contribution in [-0.4, -0.2) is 25.0 Å². The SMILES string of the molecule is Cc1ccc(C)c(CSc2ncnc3c2nnn3C)c1. The Morgan fingerprint density at radius 2 is 2.05 bits per heavy atom. The number of benzene rings is 1. The number of aromatic nitrogens is 5. The van der Waals surface area contributed by atoms with Crippen molar-refractivity contribution in [1.82, 2.24) is 25.0 Å². The zero-order chi connectivity index (χ0) is 14.1. The van der Waals surface area contributed by atoms with Crippen molar-refractivity contribution in [2.24, 2.45) is 7.05 Å². The highest BCUT2D eigenvalue weighted by Gasteiger charge is 2.10. The molecule has 0 fully saturated rings. The fraction of sp³-hybridized carbons (Fsp3) is 0.286. The average molecular weight is 285 g/mol. The second-order valence-corrected chi connectivity index (χ2v) is 5.75. The van der Waals surface area contributed by atoms with Crippen LogP contribution in [0.2, 0.25) is 0 Å². The Hall–Kier alpha value is -1.95. The van der Waals surface area contributed by atoms with Gasteiger partial charge in [0.25, 0.3) is 0 Å². The van der Waals surface area contributed by atoms with Gasteiger partial charge in [0.15, 0.2) is 11.2 Å². The van der Waals surface area contributed by atoms with Gasteiger partial charge in [-0.2, -0.15) is 0 Å². The van der Waals surface area contributed by atoms with Crippen LogP contribution in [0.1, 0.15) is 16.7 Å². The number of aryl methyl sites for hydroxylation is 3. The van der Waals surface area contributed by atoms with Crippen molar-refractivity contribution in [2.75, 3.05) is 0 Å². The molecular weight excluding hydrogens is 270 g/mol. The molecule has 0 saturated carbocycles. The summed E-state index contributed by atoms with van der Waals surface area (Å²) in [6.45, 7) is 4.24. The van der Waals surface area contributed by atoms with Crippen LogP contribution in [-0.2, 0) is 12.8 Å². The van der Waals surface area contributed by atoms with Crippen molar-refractivity contribution in [3.8, 4) is 0 Å². The van der Waals surface area contributed by atoms with Gasteiger partial charge in [0.2, 0.25) is 0 Å². The van der Waals surface area contributed by atoms with Crippen molar-refractivity contribution in [1.29, 1.82) is 0 Å². The minimum absolute atomic E-state index is 0.767. The smallest absolute Gasteiger partial charge is 0.182 e. The zero-order valence-electron chi connectivity index (χ0n) is 11.7. The summed E-state index contributed by atoms with van der Waals surface area (Å²) in [4.78, 5) is 8.52. The van der Waals surface area contributed by atoms with E-state index in [0.717, 1.165) is 21.9 Å². The summed E-state index contributed by atoms with van der Waals surface area (Å²) < 4.78 is 1.67. The largest absolute Gasteiger partial charge is 0.230 e. The molecule has 0 saturated heterocycles. The van der Waals surface area contributed by atoms with Gasteiger partial charge >= 0.3 is 0 Å². The molecule has 2 aromatic heterocycles. The van der Waals surface area contributed by atoms with E-state index in [1.54, 1.807) is 22.8 Å². The maximum Gasteiger partial charge on any atom is 0.182 e. The Morgan fingerprint density at radius 1 is 1.20 bits per heavy atom. The van der Waals surface area contributed by atoms with E-state index in [-0.39, 0.29) is 0 Å². The van der Waals surface area contributed by atoms with Gasteiger partial charge in [-0.1, -0.05) is 40.7 Å². The van der Waals surface area contributed by atoms with Gasteiger partial charge in [0.1, 0.15) is 11.4 Å². The molecule has 0 unspecified atom stereocenters. The molecule has 5 nitrogen and oxygen atoms in total. The summed E-state index contributed by atoms with van der Waals surface area (Å²) >= 11 is 1.67. The minimum Gasteiger partial charge on any atom is -0.230 e. The summed E-state index contributed by atoms with van der Waals surface area (Å²) in [5.41, 5.74) is 5.44. The molecule has 0 amide bonds. The number of nitrogens with zero attached hydrogens (tertiary/aromatic N) is 5. The first-order valence-corrected chi connectivity index (χ1v) is 7.33. The van der Waals surface area contributed by atoms with E-state index >= 15 is 0 Å². The molecule has 1 aromatic carbocycles. The zero-order valence-corrected chi connectivity index (χ0v) is 12.5. The lowest BCUT2D eigenvalue weighted by atomic mass is 10.1. The van der Waals surface area contributed by atoms with E-state index in [1.165, 1.54) is 16.7 Å². The predicted molar refractivity (Wildman–Crippen MR) is 79.6 cm³/mol. The Kier molecular flexibility index (Phi) is 3.40. The molecule has 0 aliphatic heterocycles. The topological polar surface area (TPSA) is 56.5 Å². The van der Waals surface area contributed by atoms with Crippen molar-refractivity contribution in [2.45, 2.75) is 24.6 Å². The van der Waals surface area contributed by atoms with Crippen molar-refractivity contribution < 1.29 is 0 Å². The van der Waals surface area contributed by atoms with Crippen LogP contribution in [0.4, 0.5) is 0 Å². The number of fused-ring (bicyclic) bond motifs is 1. The van der Waals surface area contributed by atoms with Crippen LogP contribution in [0.5, 0.6) is 0 Å². The van der Waals surface area contributed by atoms with Gasteiger partial charge in [0, 0.05) is 12.8 Å². The van der Waals surface area contributed by atoms with Crippen LogP contribution in [0, 0.1) is 13.8 Å². The summed E-state index contributed by atoms with van der Waals surface area (Å²) in [7, 11) is 1.83.